The zero-order chi connectivity index (χ0) is 20.8. The van der Waals surface area contributed by atoms with Crippen molar-refractivity contribution >= 4 is 11.6 Å². The van der Waals surface area contributed by atoms with Gasteiger partial charge in [0.25, 0.3) is 0 Å². The van der Waals surface area contributed by atoms with Crippen LogP contribution in [0.3, 0.4) is 0 Å². The summed E-state index contributed by atoms with van der Waals surface area (Å²) < 4.78 is 0. The topological polar surface area (TPSA) is 59.4 Å². The van der Waals surface area contributed by atoms with E-state index in [2.05, 4.69) is 33.3 Å². The number of piperazine rings is 1. The minimum absolute atomic E-state index is 0.187. The first-order chi connectivity index (χ1) is 14.7. The van der Waals surface area contributed by atoms with Crippen LogP contribution in [0, 0.1) is 17.2 Å². The maximum atomic E-state index is 12.3. The fourth-order valence-corrected chi connectivity index (χ4v) is 5.17. The number of carbonyl (C=O) groups is 1. The number of carbonyl (C=O) groups excluding carboxylic acids is 1. The van der Waals surface area contributed by atoms with Crippen molar-refractivity contribution < 1.29 is 4.79 Å². The first-order valence-electron chi connectivity index (χ1n) is 11.7. The lowest BCUT2D eigenvalue weighted by Gasteiger charge is -2.37. The Balaban J connectivity index is 1.15. The van der Waals surface area contributed by atoms with E-state index in [0.29, 0.717) is 6.04 Å². The van der Waals surface area contributed by atoms with Gasteiger partial charge in [-0.3, -0.25) is 9.69 Å². The molecule has 1 saturated carbocycles. The fraction of sp³-hybridized carbons (Fsp3) is 0.600. The lowest BCUT2D eigenvalue weighted by Crippen LogP contribution is -2.47. The number of para-hydroxylation sites is 1. The molecule has 5 heteroatoms. The Labute approximate surface area is 180 Å². The van der Waals surface area contributed by atoms with E-state index in [4.69, 9.17) is 0 Å². The highest BCUT2D eigenvalue weighted by Gasteiger charge is 2.25. The SMILES string of the molecule is N#Cc1ccccc1N1CCN(CCC2CCC(NC(=O)C3=CCCC3)CC2)CC1. The molecule has 0 atom stereocenters. The Morgan fingerprint density at radius 1 is 1.10 bits per heavy atom. The molecule has 1 aromatic rings. The van der Waals surface area contributed by atoms with Gasteiger partial charge in [-0.05, 0) is 76.0 Å². The second kappa shape index (κ2) is 10.1. The third-order valence-corrected chi connectivity index (χ3v) is 7.11. The van der Waals surface area contributed by atoms with Crippen molar-refractivity contribution in [2.24, 2.45) is 5.92 Å². The van der Waals surface area contributed by atoms with Gasteiger partial charge in [0.05, 0.1) is 11.3 Å². The molecule has 0 aromatic heterocycles. The van der Waals surface area contributed by atoms with Crippen LogP contribution >= 0.6 is 0 Å². The summed E-state index contributed by atoms with van der Waals surface area (Å²) in [5.74, 6) is 0.980. The molecular weight excluding hydrogens is 372 g/mol. The first kappa shape index (κ1) is 20.9. The van der Waals surface area contributed by atoms with Crippen LogP contribution in [-0.2, 0) is 4.79 Å². The van der Waals surface area contributed by atoms with Crippen molar-refractivity contribution in [3.63, 3.8) is 0 Å². The molecule has 1 aliphatic heterocycles. The molecule has 2 fully saturated rings. The van der Waals surface area contributed by atoms with E-state index in [-0.39, 0.29) is 5.91 Å². The average Bonchev–Trinajstić information content (AvgIpc) is 3.34. The number of nitrogens with zero attached hydrogens (tertiary/aromatic N) is 3. The van der Waals surface area contributed by atoms with E-state index in [9.17, 15) is 10.1 Å². The lowest BCUT2D eigenvalue weighted by molar-refractivity contribution is -0.118. The van der Waals surface area contributed by atoms with Crippen LogP contribution in [0.2, 0.25) is 0 Å². The molecule has 1 amide bonds. The molecule has 4 rings (SSSR count). The number of nitrogens with one attached hydrogen (secondary N) is 1. The van der Waals surface area contributed by atoms with Crippen LogP contribution in [0.4, 0.5) is 5.69 Å². The smallest absolute Gasteiger partial charge is 0.247 e. The quantitative estimate of drug-likeness (QED) is 0.779. The number of benzene rings is 1. The van der Waals surface area contributed by atoms with Crippen LogP contribution in [0.5, 0.6) is 0 Å². The fourth-order valence-electron chi connectivity index (χ4n) is 5.17. The van der Waals surface area contributed by atoms with Crippen LogP contribution in [0.1, 0.15) is 56.9 Å². The van der Waals surface area contributed by atoms with Gasteiger partial charge in [-0.15, -0.1) is 0 Å². The zero-order valence-electron chi connectivity index (χ0n) is 18.0. The van der Waals surface area contributed by atoms with Crippen molar-refractivity contribution in [1.82, 2.24) is 10.2 Å². The van der Waals surface area contributed by atoms with Gasteiger partial charge in [0.1, 0.15) is 6.07 Å². The number of hydrogen-bond acceptors (Lipinski definition) is 4. The number of nitriles is 1. The minimum Gasteiger partial charge on any atom is -0.368 e. The van der Waals surface area contributed by atoms with E-state index in [1.807, 2.05) is 18.2 Å². The van der Waals surface area contributed by atoms with Crippen molar-refractivity contribution in [2.45, 2.75) is 57.4 Å². The largest absolute Gasteiger partial charge is 0.368 e. The molecule has 0 unspecified atom stereocenters. The van der Waals surface area contributed by atoms with Crippen LogP contribution < -0.4 is 10.2 Å². The third-order valence-electron chi connectivity index (χ3n) is 7.11. The van der Waals surface area contributed by atoms with Gasteiger partial charge >= 0.3 is 0 Å². The van der Waals surface area contributed by atoms with Crippen molar-refractivity contribution in [2.75, 3.05) is 37.6 Å². The van der Waals surface area contributed by atoms with Crippen molar-refractivity contribution in [3.05, 3.63) is 41.5 Å². The number of amides is 1. The molecule has 1 aromatic carbocycles. The summed E-state index contributed by atoms with van der Waals surface area (Å²) in [6.07, 6.45) is 11.3. The zero-order valence-corrected chi connectivity index (χ0v) is 18.0. The predicted octanol–water partition coefficient (Wildman–Crippen LogP) is 3.86. The predicted molar refractivity (Wildman–Crippen MR) is 120 cm³/mol. The van der Waals surface area contributed by atoms with E-state index >= 15 is 0 Å². The molecule has 30 heavy (non-hydrogen) atoms. The number of anilines is 1. The average molecular weight is 407 g/mol. The van der Waals surface area contributed by atoms with Gasteiger partial charge in [0, 0.05) is 37.8 Å². The molecule has 3 aliphatic rings. The molecule has 160 valence electrons. The molecular formula is C25H34N4O. The number of rotatable bonds is 6. The van der Waals surface area contributed by atoms with Gasteiger partial charge in [0.2, 0.25) is 5.91 Å². The third kappa shape index (κ3) is 5.23. The monoisotopic (exact) mass is 406 g/mol. The van der Waals surface area contributed by atoms with Gasteiger partial charge in [0.15, 0.2) is 0 Å². The second-order valence-electron chi connectivity index (χ2n) is 9.06. The molecule has 5 nitrogen and oxygen atoms in total. The number of hydrogen-bond donors (Lipinski definition) is 1. The van der Waals surface area contributed by atoms with Gasteiger partial charge in [-0.2, -0.15) is 5.26 Å². The Bertz CT molecular complexity index is 796. The first-order valence-corrected chi connectivity index (χ1v) is 11.7. The molecule has 0 spiro atoms. The summed E-state index contributed by atoms with van der Waals surface area (Å²) >= 11 is 0. The number of allylic oxidation sites excluding steroid dienone is 1. The van der Waals surface area contributed by atoms with E-state index in [1.165, 1.54) is 25.8 Å². The summed E-state index contributed by atoms with van der Waals surface area (Å²) in [5.41, 5.74) is 2.86. The van der Waals surface area contributed by atoms with E-state index in [1.54, 1.807) is 0 Å². The van der Waals surface area contributed by atoms with Crippen LogP contribution in [-0.4, -0.2) is 49.6 Å². The summed E-state index contributed by atoms with van der Waals surface area (Å²) in [7, 11) is 0. The van der Waals surface area contributed by atoms with E-state index < -0.39 is 0 Å². The van der Waals surface area contributed by atoms with Crippen LogP contribution in [0.25, 0.3) is 0 Å². The van der Waals surface area contributed by atoms with E-state index in [0.717, 1.165) is 81.0 Å². The summed E-state index contributed by atoms with van der Waals surface area (Å²) in [4.78, 5) is 17.2. The van der Waals surface area contributed by atoms with Gasteiger partial charge < -0.3 is 10.2 Å². The summed E-state index contributed by atoms with van der Waals surface area (Å²) in [6, 6.07) is 10.6. The lowest BCUT2D eigenvalue weighted by atomic mass is 9.84. The Morgan fingerprint density at radius 3 is 2.57 bits per heavy atom. The Kier molecular flexibility index (Phi) is 7.07. The van der Waals surface area contributed by atoms with Crippen molar-refractivity contribution in [1.29, 1.82) is 5.26 Å². The Morgan fingerprint density at radius 2 is 1.87 bits per heavy atom. The van der Waals surface area contributed by atoms with Crippen molar-refractivity contribution in [3.8, 4) is 6.07 Å². The molecule has 1 heterocycles. The minimum atomic E-state index is 0.187. The molecule has 0 radical (unpaired) electrons. The molecule has 1 N–H and O–H groups in total. The maximum absolute atomic E-state index is 12.3. The second-order valence-corrected chi connectivity index (χ2v) is 9.06. The summed E-state index contributed by atoms with van der Waals surface area (Å²) in [5, 5.41) is 12.6. The molecule has 1 saturated heterocycles. The maximum Gasteiger partial charge on any atom is 0.247 e. The highest BCUT2D eigenvalue weighted by Crippen LogP contribution is 2.28. The normalized spacial score (nSPS) is 24.9. The molecule has 2 aliphatic carbocycles. The highest BCUT2D eigenvalue weighted by molar-refractivity contribution is 5.93. The highest BCUT2D eigenvalue weighted by atomic mass is 16.1. The Hall–Kier alpha value is -2.32. The standard InChI is InChI=1S/C25H34N4O/c26-19-22-7-3-4-8-24(22)29-17-15-28(16-18-29)14-13-20-9-11-23(12-10-20)27-25(30)21-5-1-2-6-21/h3-5,7-8,20,23H,1-2,6,9-18H2,(H,27,30). The molecule has 0 bridgehead atoms. The van der Waals surface area contributed by atoms with Crippen LogP contribution in [0.15, 0.2) is 35.9 Å². The summed E-state index contributed by atoms with van der Waals surface area (Å²) in [6.45, 7) is 5.30. The van der Waals surface area contributed by atoms with Gasteiger partial charge in [-0.25, -0.2) is 0 Å². The van der Waals surface area contributed by atoms with Gasteiger partial charge in [-0.1, -0.05) is 18.2 Å².